The quantitative estimate of drug-likeness (QED) is 0.899. The second-order valence-corrected chi connectivity index (χ2v) is 4.25. The van der Waals surface area contributed by atoms with Crippen molar-refractivity contribution in [2.45, 2.75) is 5.92 Å². The molecule has 0 aliphatic rings. The first kappa shape index (κ1) is 12.2. The Kier molecular flexibility index (Phi) is 3.25. The monoisotopic (exact) mass is 306 g/mol. The van der Waals surface area contributed by atoms with Gasteiger partial charge in [0.15, 0.2) is 11.5 Å². The van der Waals surface area contributed by atoms with Gasteiger partial charge in [0.1, 0.15) is 11.2 Å². The van der Waals surface area contributed by atoms with E-state index in [2.05, 4.69) is 31.2 Å². The summed E-state index contributed by atoms with van der Waals surface area (Å²) in [5.41, 5.74) is 0.446. The molecule has 0 aliphatic carbocycles. The van der Waals surface area contributed by atoms with E-state index in [9.17, 15) is 8.78 Å². The third kappa shape index (κ3) is 2.70. The minimum Gasteiger partial charge on any atom is -0.390 e. The van der Waals surface area contributed by atoms with Crippen molar-refractivity contribution in [1.29, 1.82) is 0 Å². The Morgan fingerprint density at radius 3 is 3.00 bits per heavy atom. The van der Waals surface area contributed by atoms with E-state index in [0.717, 1.165) is 0 Å². The van der Waals surface area contributed by atoms with Gasteiger partial charge in [-0.3, -0.25) is 0 Å². The van der Waals surface area contributed by atoms with Crippen molar-refractivity contribution in [3.63, 3.8) is 0 Å². The van der Waals surface area contributed by atoms with Crippen LogP contribution in [-0.4, -0.2) is 38.5 Å². The van der Waals surface area contributed by atoms with Crippen LogP contribution in [0.15, 0.2) is 23.2 Å². The number of hydrogen-bond acceptors (Lipinski definition) is 4. The van der Waals surface area contributed by atoms with Gasteiger partial charge in [-0.1, -0.05) is 0 Å². The van der Waals surface area contributed by atoms with Gasteiger partial charge in [0, 0.05) is 18.6 Å². The number of aliphatic hydroxyl groups excluding tert-OH is 1. The lowest BCUT2D eigenvalue weighted by atomic mass is 10.3. The normalized spacial score (nSPS) is 12.0. The number of rotatable bonds is 4. The van der Waals surface area contributed by atoms with E-state index in [1.54, 1.807) is 23.0 Å². The molecule has 92 valence electrons. The number of halogens is 3. The number of anilines is 1. The lowest BCUT2D eigenvalue weighted by Gasteiger charge is -2.14. The molecule has 2 aromatic rings. The van der Waals surface area contributed by atoms with Crippen LogP contribution in [0.4, 0.5) is 14.6 Å². The number of nitrogens with one attached hydrogen (secondary N) is 1. The van der Waals surface area contributed by atoms with E-state index < -0.39 is 19.1 Å². The Morgan fingerprint density at radius 1 is 1.53 bits per heavy atom. The van der Waals surface area contributed by atoms with Crippen LogP contribution in [0, 0.1) is 0 Å². The molecule has 8 heteroatoms. The fourth-order valence-corrected chi connectivity index (χ4v) is 1.69. The van der Waals surface area contributed by atoms with Crippen LogP contribution in [0.3, 0.4) is 0 Å². The Labute approximate surface area is 104 Å². The Hall–Kier alpha value is -1.28. The summed E-state index contributed by atoms with van der Waals surface area (Å²) in [5.74, 6) is -2.95. The molecule has 2 heterocycles. The third-order valence-electron chi connectivity index (χ3n) is 2.09. The van der Waals surface area contributed by atoms with Crippen LogP contribution >= 0.6 is 15.9 Å². The largest absolute Gasteiger partial charge is 0.390 e. The number of aromatic nitrogens is 3. The fraction of sp³-hybridized carbons (Fsp3) is 0.333. The molecule has 0 spiro atoms. The fourth-order valence-electron chi connectivity index (χ4n) is 1.29. The molecule has 0 bridgehead atoms. The van der Waals surface area contributed by atoms with Crippen LogP contribution in [0.5, 0.6) is 0 Å². The first-order chi connectivity index (χ1) is 8.02. The lowest BCUT2D eigenvalue weighted by molar-refractivity contribution is -0.0373. The lowest BCUT2D eigenvalue weighted by Crippen LogP contribution is -2.31. The molecule has 0 radical (unpaired) electrons. The number of nitrogens with zero attached hydrogens (tertiary/aromatic N) is 3. The van der Waals surface area contributed by atoms with E-state index in [0.29, 0.717) is 10.3 Å². The van der Waals surface area contributed by atoms with Crippen molar-refractivity contribution in [2.24, 2.45) is 0 Å². The maximum Gasteiger partial charge on any atom is 0.287 e. The predicted octanol–water partition coefficient (Wildman–Crippen LogP) is 1.53. The highest BCUT2D eigenvalue weighted by atomic mass is 79.9. The van der Waals surface area contributed by atoms with Crippen molar-refractivity contribution in [2.75, 3.05) is 18.5 Å². The molecule has 0 saturated carbocycles. The van der Waals surface area contributed by atoms with Gasteiger partial charge in [-0.2, -0.15) is 0 Å². The number of hydrogen-bond donors (Lipinski definition) is 2. The molecule has 2 rings (SSSR count). The molecular formula is C9H9BrF2N4O. The molecule has 0 aliphatic heterocycles. The Morgan fingerprint density at radius 2 is 2.29 bits per heavy atom. The first-order valence-electron chi connectivity index (χ1n) is 4.73. The smallest absolute Gasteiger partial charge is 0.287 e. The summed E-state index contributed by atoms with van der Waals surface area (Å²) < 4.78 is 27.9. The van der Waals surface area contributed by atoms with Crippen molar-refractivity contribution >= 4 is 27.4 Å². The van der Waals surface area contributed by atoms with Crippen LogP contribution in [0.2, 0.25) is 0 Å². The zero-order valence-electron chi connectivity index (χ0n) is 8.57. The van der Waals surface area contributed by atoms with Gasteiger partial charge in [-0.15, -0.1) is 0 Å². The molecule has 0 unspecified atom stereocenters. The van der Waals surface area contributed by atoms with Gasteiger partial charge in [-0.05, 0) is 15.9 Å². The van der Waals surface area contributed by atoms with E-state index in [1.165, 1.54) is 0 Å². The highest BCUT2D eigenvalue weighted by molar-refractivity contribution is 9.10. The van der Waals surface area contributed by atoms with Crippen LogP contribution in [0.25, 0.3) is 5.65 Å². The maximum absolute atomic E-state index is 12.9. The zero-order valence-corrected chi connectivity index (χ0v) is 10.2. The number of aliphatic hydroxyl groups is 1. The average molecular weight is 307 g/mol. The predicted molar refractivity (Wildman–Crippen MR) is 61.2 cm³/mol. The highest BCUT2D eigenvalue weighted by Crippen LogP contribution is 2.19. The second kappa shape index (κ2) is 4.53. The molecular weight excluding hydrogens is 298 g/mol. The van der Waals surface area contributed by atoms with E-state index in [1.807, 2.05) is 0 Å². The number of alkyl halides is 2. The van der Waals surface area contributed by atoms with Crippen molar-refractivity contribution in [3.05, 3.63) is 23.2 Å². The number of imidazole rings is 1. The topological polar surface area (TPSA) is 62.5 Å². The average Bonchev–Trinajstić information content (AvgIpc) is 2.73. The molecule has 5 nitrogen and oxygen atoms in total. The minimum absolute atomic E-state index is 0.234. The van der Waals surface area contributed by atoms with Crippen molar-refractivity contribution in [1.82, 2.24) is 14.4 Å². The molecule has 0 amide bonds. The molecule has 0 fully saturated rings. The van der Waals surface area contributed by atoms with Gasteiger partial charge < -0.3 is 14.8 Å². The zero-order chi connectivity index (χ0) is 12.5. The standard InChI is InChI=1S/C9H9BrF2N4O/c10-6-3-16-2-1-13-8(16)7(15-6)14-4-9(11,12)5-17/h1-3,17H,4-5H2,(H,14,15). The highest BCUT2D eigenvalue weighted by Gasteiger charge is 2.27. The van der Waals surface area contributed by atoms with Crippen molar-refractivity contribution in [3.8, 4) is 0 Å². The summed E-state index contributed by atoms with van der Waals surface area (Å²) in [7, 11) is 0. The maximum atomic E-state index is 12.9. The summed E-state index contributed by atoms with van der Waals surface area (Å²) >= 11 is 3.17. The molecule has 17 heavy (non-hydrogen) atoms. The Balaban J connectivity index is 2.26. The SMILES string of the molecule is OCC(F)(F)CNc1nc(Br)cn2ccnc12. The molecule has 0 aromatic carbocycles. The minimum atomic E-state index is -3.19. The molecule has 0 saturated heterocycles. The molecule has 2 N–H and O–H groups in total. The molecule has 0 atom stereocenters. The van der Waals surface area contributed by atoms with E-state index >= 15 is 0 Å². The summed E-state index contributed by atoms with van der Waals surface area (Å²) in [6, 6.07) is 0. The van der Waals surface area contributed by atoms with Gasteiger partial charge in [0.2, 0.25) is 0 Å². The third-order valence-corrected chi connectivity index (χ3v) is 2.47. The summed E-state index contributed by atoms with van der Waals surface area (Å²) in [6.45, 7) is -1.91. The van der Waals surface area contributed by atoms with Gasteiger partial charge in [0.25, 0.3) is 5.92 Å². The summed E-state index contributed by atoms with van der Waals surface area (Å²) in [6.07, 6.45) is 4.88. The molecule has 2 aromatic heterocycles. The number of fused-ring (bicyclic) bond motifs is 1. The van der Waals surface area contributed by atoms with Gasteiger partial charge in [-0.25, -0.2) is 18.7 Å². The van der Waals surface area contributed by atoms with Gasteiger partial charge >= 0.3 is 0 Å². The van der Waals surface area contributed by atoms with Gasteiger partial charge in [0.05, 0.1) is 6.54 Å². The van der Waals surface area contributed by atoms with E-state index in [4.69, 9.17) is 5.11 Å². The first-order valence-corrected chi connectivity index (χ1v) is 5.53. The second-order valence-electron chi connectivity index (χ2n) is 3.44. The Bertz CT molecular complexity index is 531. The van der Waals surface area contributed by atoms with Crippen LogP contribution in [-0.2, 0) is 0 Å². The van der Waals surface area contributed by atoms with Crippen LogP contribution < -0.4 is 5.32 Å². The summed E-state index contributed by atoms with van der Waals surface area (Å²) in [4.78, 5) is 8.01. The van der Waals surface area contributed by atoms with Crippen LogP contribution in [0.1, 0.15) is 0 Å². The van der Waals surface area contributed by atoms with Crippen molar-refractivity contribution < 1.29 is 13.9 Å². The van der Waals surface area contributed by atoms with E-state index in [-0.39, 0.29) is 5.82 Å². The summed E-state index contributed by atoms with van der Waals surface area (Å²) in [5, 5.41) is 10.9.